The van der Waals surface area contributed by atoms with Crippen molar-refractivity contribution in [3.05, 3.63) is 63.6 Å². The lowest BCUT2D eigenvalue weighted by atomic mass is 10.2. The number of ether oxygens (including phenoxy) is 1. The van der Waals surface area contributed by atoms with Gasteiger partial charge in [0.05, 0.1) is 34.4 Å². The summed E-state index contributed by atoms with van der Waals surface area (Å²) in [7, 11) is 1.69. The number of thiazole rings is 2. The zero-order valence-corrected chi connectivity index (χ0v) is 19.3. The largest absolute Gasteiger partial charge is 0.496 e. The Morgan fingerprint density at radius 2 is 1.97 bits per heavy atom. The number of fused-ring (bicyclic) bond motifs is 1. The Labute approximate surface area is 187 Å². The van der Waals surface area contributed by atoms with E-state index >= 15 is 0 Å². The third-order valence-electron chi connectivity index (χ3n) is 4.52. The molecule has 0 spiro atoms. The van der Waals surface area contributed by atoms with Crippen LogP contribution >= 0.6 is 34.4 Å². The summed E-state index contributed by atoms with van der Waals surface area (Å²) >= 11 is 4.94. The van der Waals surface area contributed by atoms with E-state index in [9.17, 15) is 4.79 Å². The molecule has 2 aromatic carbocycles. The normalized spacial score (nSPS) is 11.0. The van der Waals surface area contributed by atoms with Gasteiger partial charge in [-0.3, -0.25) is 4.79 Å². The average molecular weight is 456 g/mol. The van der Waals surface area contributed by atoms with Crippen molar-refractivity contribution in [1.29, 1.82) is 0 Å². The minimum absolute atomic E-state index is 0.0574. The predicted molar refractivity (Wildman–Crippen MR) is 126 cm³/mol. The first-order valence-electron chi connectivity index (χ1n) is 9.40. The zero-order valence-electron chi connectivity index (χ0n) is 16.9. The number of para-hydroxylation sites is 1. The van der Waals surface area contributed by atoms with Crippen molar-refractivity contribution in [2.24, 2.45) is 0 Å². The molecule has 154 valence electrons. The Hall–Kier alpha value is -2.42. The van der Waals surface area contributed by atoms with Crippen LogP contribution in [0.25, 0.3) is 10.2 Å². The fourth-order valence-electron chi connectivity index (χ4n) is 3.10. The van der Waals surface area contributed by atoms with Crippen LogP contribution in [-0.2, 0) is 17.0 Å². The lowest BCUT2D eigenvalue weighted by Crippen LogP contribution is -2.15. The smallest absolute Gasteiger partial charge is 0.230 e. The van der Waals surface area contributed by atoms with Gasteiger partial charge < -0.3 is 10.1 Å². The molecule has 0 atom stereocenters. The van der Waals surface area contributed by atoms with Crippen molar-refractivity contribution in [3.63, 3.8) is 0 Å². The van der Waals surface area contributed by atoms with E-state index in [4.69, 9.17) is 9.72 Å². The number of aromatic nitrogens is 2. The van der Waals surface area contributed by atoms with Crippen LogP contribution in [0.5, 0.6) is 5.75 Å². The Bertz CT molecular complexity index is 1200. The molecule has 5 nitrogen and oxygen atoms in total. The molecule has 30 heavy (non-hydrogen) atoms. The highest BCUT2D eigenvalue weighted by molar-refractivity contribution is 8.00. The summed E-state index contributed by atoms with van der Waals surface area (Å²) in [6, 6.07) is 13.9. The van der Waals surface area contributed by atoms with Gasteiger partial charge in [0.25, 0.3) is 0 Å². The maximum Gasteiger partial charge on any atom is 0.230 e. The second kappa shape index (κ2) is 9.16. The van der Waals surface area contributed by atoms with Crippen LogP contribution in [0.15, 0.2) is 46.8 Å². The molecule has 0 aliphatic rings. The summed E-state index contributed by atoms with van der Waals surface area (Å²) in [6.45, 7) is 3.96. The maximum absolute atomic E-state index is 12.4. The van der Waals surface area contributed by atoms with Gasteiger partial charge in [0, 0.05) is 21.9 Å². The van der Waals surface area contributed by atoms with Crippen molar-refractivity contribution in [1.82, 2.24) is 9.97 Å². The zero-order chi connectivity index (χ0) is 21.1. The molecule has 4 rings (SSSR count). The number of carbonyl (C=O) groups excluding carboxylic acids is 1. The van der Waals surface area contributed by atoms with Gasteiger partial charge in [0.1, 0.15) is 5.75 Å². The number of amides is 1. The Kier molecular flexibility index (Phi) is 6.36. The summed E-state index contributed by atoms with van der Waals surface area (Å²) in [5.41, 5.74) is 3.71. The van der Waals surface area contributed by atoms with Crippen molar-refractivity contribution in [3.8, 4) is 5.75 Å². The number of anilines is 1. The summed E-state index contributed by atoms with van der Waals surface area (Å²) in [5.74, 6) is 1.62. The Morgan fingerprint density at radius 1 is 1.13 bits per heavy atom. The van der Waals surface area contributed by atoms with Gasteiger partial charge in [-0.25, -0.2) is 9.97 Å². The Balaban J connectivity index is 1.43. The number of hydrogen-bond acceptors (Lipinski definition) is 7. The molecule has 0 fully saturated rings. The monoisotopic (exact) mass is 455 g/mol. The number of benzene rings is 2. The number of carbonyl (C=O) groups is 1. The summed E-state index contributed by atoms with van der Waals surface area (Å²) in [5, 5.41) is 3.97. The third kappa shape index (κ3) is 4.83. The second-order valence-electron chi connectivity index (χ2n) is 6.72. The lowest BCUT2D eigenvalue weighted by molar-refractivity contribution is -0.115. The number of rotatable bonds is 7. The molecule has 8 heteroatoms. The van der Waals surface area contributed by atoms with Gasteiger partial charge in [-0.1, -0.05) is 30.0 Å². The van der Waals surface area contributed by atoms with Crippen LogP contribution in [0, 0.1) is 13.8 Å². The summed E-state index contributed by atoms with van der Waals surface area (Å²) in [4.78, 5) is 22.7. The molecule has 0 unspecified atom stereocenters. The van der Waals surface area contributed by atoms with Crippen molar-refractivity contribution >= 4 is 56.2 Å². The quantitative estimate of drug-likeness (QED) is 0.354. The number of thioether (sulfide) groups is 1. The molecule has 0 aliphatic heterocycles. The summed E-state index contributed by atoms with van der Waals surface area (Å²) in [6.07, 6.45) is 0.289. The van der Waals surface area contributed by atoms with Gasteiger partial charge in [-0.2, -0.15) is 0 Å². The standard InChI is InChI=1S/C22H21N3O2S3/c1-13-18(23-14(2)29-13)11-21(26)24-16-8-9-17-20(10-16)30-22(25-17)28-12-15-6-4-5-7-19(15)27-3/h4-10H,11-12H2,1-3H3,(H,24,26). The van der Waals surface area contributed by atoms with Gasteiger partial charge in [0.2, 0.25) is 5.91 Å². The van der Waals surface area contributed by atoms with Crippen molar-refractivity contribution in [2.75, 3.05) is 12.4 Å². The highest BCUT2D eigenvalue weighted by Crippen LogP contribution is 2.34. The lowest BCUT2D eigenvalue weighted by Gasteiger charge is -2.06. The molecular weight excluding hydrogens is 434 g/mol. The molecule has 0 aliphatic carbocycles. The van der Waals surface area contributed by atoms with Crippen LogP contribution in [-0.4, -0.2) is 23.0 Å². The van der Waals surface area contributed by atoms with E-state index in [1.807, 2.05) is 50.2 Å². The highest BCUT2D eigenvalue weighted by atomic mass is 32.2. The Morgan fingerprint density at radius 3 is 2.73 bits per heavy atom. The van der Waals surface area contributed by atoms with E-state index in [-0.39, 0.29) is 12.3 Å². The molecule has 0 radical (unpaired) electrons. The fraction of sp³-hybridized carbons (Fsp3) is 0.227. The van der Waals surface area contributed by atoms with E-state index in [1.54, 1.807) is 41.5 Å². The van der Waals surface area contributed by atoms with Gasteiger partial charge in [-0.15, -0.1) is 22.7 Å². The number of nitrogens with zero attached hydrogens (tertiary/aromatic N) is 2. The minimum atomic E-state index is -0.0574. The van der Waals surface area contributed by atoms with Crippen LogP contribution in [0.2, 0.25) is 0 Å². The minimum Gasteiger partial charge on any atom is -0.496 e. The van der Waals surface area contributed by atoms with Crippen LogP contribution < -0.4 is 10.1 Å². The first-order chi connectivity index (χ1) is 14.5. The number of hydrogen-bond donors (Lipinski definition) is 1. The third-order valence-corrected chi connectivity index (χ3v) is 7.66. The fourth-order valence-corrected chi connectivity index (χ4v) is 6.03. The average Bonchev–Trinajstić information content (AvgIpc) is 3.27. The molecule has 0 saturated heterocycles. The van der Waals surface area contributed by atoms with Gasteiger partial charge in [0.15, 0.2) is 4.34 Å². The second-order valence-corrected chi connectivity index (χ2v) is 10.4. The SMILES string of the molecule is COc1ccccc1CSc1nc2ccc(NC(=O)Cc3nc(C)sc3C)cc2s1. The van der Waals surface area contributed by atoms with Crippen molar-refractivity contribution < 1.29 is 9.53 Å². The molecule has 2 aromatic heterocycles. The van der Waals surface area contributed by atoms with Gasteiger partial charge >= 0.3 is 0 Å². The molecule has 0 bridgehead atoms. The molecule has 2 heterocycles. The van der Waals surface area contributed by atoms with E-state index in [2.05, 4.69) is 16.4 Å². The van der Waals surface area contributed by atoms with E-state index in [0.717, 1.165) is 52.9 Å². The topological polar surface area (TPSA) is 64.1 Å². The van der Waals surface area contributed by atoms with E-state index < -0.39 is 0 Å². The first-order valence-corrected chi connectivity index (χ1v) is 12.0. The molecular formula is C22H21N3O2S3. The maximum atomic E-state index is 12.4. The van der Waals surface area contributed by atoms with E-state index in [0.29, 0.717) is 0 Å². The molecule has 1 amide bonds. The number of nitrogens with one attached hydrogen (secondary N) is 1. The van der Waals surface area contributed by atoms with Crippen LogP contribution in [0.1, 0.15) is 21.1 Å². The predicted octanol–water partition coefficient (Wildman–Crippen LogP) is 5.85. The van der Waals surface area contributed by atoms with Crippen LogP contribution in [0.3, 0.4) is 0 Å². The van der Waals surface area contributed by atoms with Crippen molar-refractivity contribution in [2.45, 2.75) is 30.4 Å². The molecule has 0 saturated carbocycles. The first kappa shape index (κ1) is 20.8. The summed E-state index contributed by atoms with van der Waals surface area (Å²) < 4.78 is 7.47. The van der Waals surface area contributed by atoms with E-state index in [1.165, 1.54) is 0 Å². The number of methoxy groups -OCH3 is 1. The van der Waals surface area contributed by atoms with Gasteiger partial charge in [-0.05, 0) is 38.1 Å². The molecule has 1 N–H and O–H groups in total. The number of aryl methyl sites for hydroxylation is 2. The van der Waals surface area contributed by atoms with Crippen LogP contribution in [0.4, 0.5) is 5.69 Å². The highest BCUT2D eigenvalue weighted by Gasteiger charge is 2.12. The molecule has 4 aromatic rings.